The Morgan fingerprint density at radius 3 is 2.63 bits per heavy atom. The number of pyridine rings is 1. The first-order valence-electron chi connectivity index (χ1n) is 9.54. The number of nitrogens with one attached hydrogen (secondary N) is 1. The van der Waals surface area contributed by atoms with Crippen LogP contribution in [0, 0.1) is 6.92 Å². The lowest BCUT2D eigenvalue weighted by Gasteiger charge is -2.20. The molecule has 1 saturated heterocycles. The number of benzene rings is 1. The molecule has 144 valence electrons. The molecule has 0 atom stereocenters. The molecule has 0 unspecified atom stereocenters. The third-order valence-electron chi connectivity index (χ3n) is 4.80. The Kier molecular flexibility index (Phi) is 6.52. The van der Waals surface area contributed by atoms with Gasteiger partial charge in [-0.2, -0.15) is 0 Å². The Balaban J connectivity index is 1.54. The molecule has 3 rings (SSSR count). The number of methoxy groups -OCH3 is 1. The van der Waals surface area contributed by atoms with Gasteiger partial charge in [-0.3, -0.25) is 0 Å². The van der Waals surface area contributed by atoms with E-state index in [9.17, 15) is 0 Å². The predicted molar refractivity (Wildman–Crippen MR) is 110 cm³/mol. The molecular weight excluding hydrogens is 338 g/mol. The number of nitrogens with zero attached hydrogens (tertiary/aromatic N) is 3. The number of hydrogen-bond acceptors (Lipinski definition) is 4. The minimum atomic E-state index is 0.469. The lowest BCUT2D eigenvalue weighted by molar-refractivity contribution is 0.414. The minimum Gasteiger partial charge on any atom is -0.497 e. The number of aromatic nitrogens is 1. The van der Waals surface area contributed by atoms with Gasteiger partial charge in [0.05, 0.1) is 13.7 Å². The van der Waals surface area contributed by atoms with E-state index in [2.05, 4.69) is 33.4 Å². The summed E-state index contributed by atoms with van der Waals surface area (Å²) in [6.45, 7) is 5.46. The summed E-state index contributed by atoms with van der Waals surface area (Å²) in [6, 6.07) is 12.2. The normalized spacial score (nSPS) is 14.4. The lowest BCUT2D eigenvalue weighted by atomic mass is 10.1. The molecule has 3 N–H and O–H groups in total. The van der Waals surface area contributed by atoms with Gasteiger partial charge in [0.25, 0.3) is 0 Å². The Hall–Kier alpha value is -2.76. The van der Waals surface area contributed by atoms with E-state index >= 15 is 0 Å². The van der Waals surface area contributed by atoms with Gasteiger partial charge in [0, 0.05) is 30.9 Å². The summed E-state index contributed by atoms with van der Waals surface area (Å²) < 4.78 is 5.18. The molecule has 1 aromatic carbocycles. The van der Waals surface area contributed by atoms with Crippen molar-refractivity contribution in [1.82, 2.24) is 10.3 Å². The van der Waals surface area contributed by atoms with E-state index in [1.807, 2.05) is 25.1 Å². The van der Waals surface area contributed by atoms with Crippen LogP contribution in [0.15, 0.2) is 41.4 Å². The van der Waals surface area contributed by atoms with Gasteiger partial charge in [0.2, 0.25) is 0 Å². The minimum absolute atomic E-state index is 0.469. The summed E-state index contributed by atoms with van der Waals surface area (Å²) >= 11 is 0. The summed E-state index contributed by atoms with van der Waals surface area (Å²) in [6.07, 6.45) is 3.34. The van der Waals surface area contributed by atoms with E-state index < -0.39 is 0 Å². The van der Waals surface area contributed by atoms with E-state index in [1.54, 1.807) is 7.11 Å². The number of aryl methyl sites for hydroxylation is 1. The molecule has 27 heavy (non-hydrogen) atoms. The molecule has 0 saturated carbocycles. The first-order valence-corrected chi connectivity index (χ1v) is 9.54. The fourth-order valence-corrected chi connectivity index (χ4v) is 3.25. The van der Waals surface area contributed by atoms with Crippen molar-refractivity contribution in [2.45, 2.75) is 32.7 Å². The zero-order valence-corrected chi connectivity index (χ0v) is 16.2. The van der Waals surface area contributed by atoms with Crippen LogP contribution in [-0.2, 0) is 13.0 Å². The number of guanidine groups is 1. The highest BCUT2D eigenvalue weighted by atomic mass is 16.5. The number of rotatable bonds is 7. The number of aliphatic imine (C=N–C) groups is 1. The van der Waals surface area contributed by atoms with Crippen molar-refractivity contribution in [3.63, 3.8) is 0 Å². The topological polar surface area (TPSA) is 75.8 Å². The van der Waals surface area contributed by atoms with Crippen molar-refractivity contribution in [1.29, 1.82) is 0 Å². The van der Waals surface area contributed by atoms with Crippen LogP contribution in [-0.4, -0.2) is 37.7 Å². The summed E-state index contributed by atoms with van der Waals surface area (Å²) in [5, 5.41) is 3.19. The predicted octanol–water partition coefficient (Wildman–Crippen LogP) is 2.65. The highest BCUT2D eigenvalue weighted by molar-refractivity contribution is 5.77. The zero-order valence-electron chi connectivity index (χ0n) is 16.2. The molecule has 6 heteroatoms. The Morgan fingerprint density at radius 1 is 1.19 bits per heavy atom. The van der Waals surface area contributed by atoms with E-state index in [-0.39, 0.29) is 0 Å². The number of nitrogens with two attached hydrogens (primary N) is 1. The van der Waals surface area contributed by atoms with Gasteiger partial charge in [0.15, 0.2) is 5.96 Å². The van der Waals surface area contributed by atoms with E-state index in [0.29, 0.717) is 12.5 Å². The van der Waals surface area contributed by atoms with Crippen LogP contribution in [0.5, 0.6) is 5.75 Å². The summed E-state index contributed by atoms with van der Waals surface area (Å²) in [5.41, 5.74) is 9.45. The average Bonchev–Trinajstić information content (AvgIpc) is 3.22. The Labute approximate surface area is 161 Å². The lowest BCUT2D eigenvalue weighted by Crippen LogP contribution is -2.33. The maximum atomic E-state index is 6.05. The first kappa shape index (κ1) is 19.0. The zero-order chi connectivity index (χ0) is 19.1. The molecule has 0 aliphatic carbocycles. The van der Waals surface area contributed by atoms with Gasteiger partial charge < -0.3 is 20.7 Å². The second kappa shape index (κ2) is 9.26. The van der Waals surface area contributed by atoms with Gasteiger partial charge in [-0.25, -0.2) is 9.98 Å². The third kappa shape index (κ3) is 5.36. The monoisotopic (exact) mass is 367 g/mol. The molecule has 0 spiro atoms. The molecule has 1 aliphatic rings. The van der Waals surface area contributed by atoms with Crippen LogP contribution in [0.1, 0.15) is 29.7 Å². The number of hydrogen-bond donors (Lipinski definition) is 2. The molecule has 2 aromatic rings. The molecule has 0 amide bonds. The summed E-state index contributed by atoms with van der Waals surface area (Å²) in [4.78, 5) is 11.6. The maximum absolute atomic E-state index is 6.05. The van der Waals surface area contributed by atoms with Gasteiger partial charge >= 0.3 is 0 Å². The van der Waals surface area contributed by atoms with Crippen LogP contribution < -0.4 is 20.7 Å². The molecule has 1 fully saturated rings. The fourth-order valence-electron chi connectivity index (χ4n) is 3.25. The smallest absolute Gasteiger partial charge is 0.188 e. The van der Waals surface area contributed by atoms with Gasteiger partial charge in [-0.05, 0) is 49.9 Å². The molecule has 1 aromatic heterocycles. The highest BCUT2D eigenvalue weighted by Crippen LogP contribution is 2.23. The van der Waals surface area contributed by atoms with E-state index in [4.69, 9.17) is 15.5 Å². The molecule has 1 aliphatic heterocycles. The van der Waals surface area contributed by atoms with Crippen LogP contribution in [0.4, 0.5) is 5.82 Å². The number of anilines is 1. The standard InChI is InChI=1S/C21H29N5O/c1-16-5-8-18(20(25-16)26-13-3-4-14-26)15-24-21(22)23-12-11-17-6-9-19(27-2)10-7-17/h5-10H,3-4,11-15H2,1-2H3,(H3,22,23,24). The molecule has 0 radical (unpaired) electrons. The Morgan fingerprint density at radius 2 is 1.93 bits per heavy atom. The molecule has 2 heterocycles. The van der Waals surface area contributed by atoms with Crippen molar-refractivity contribution >= 4 is 11.8 Å². The Bertz CT molecular complexity index is 767. The SMILES string of the molecule is COc1ccc(CCNC(N)=NCc2ccc(C)nc2N2CCCC2)cc1. The van der Waals surface area contributed by atoms with Crippen LogP contribution in [0.25, 0.3) is 0 Å². The van der Waals surface area contributed by atoms with Crippen LogP contribution in [0.3, 0.4) is 0 Å². The van der Waals surface area contributed by atoms with Crippen molar-refractivity contribution in [3.05, 3.63) is 53.2 Å². The van der Waals surface area contributed by atoms with E-state index in [1.165, 1.54) is 18.4 Å². The summed E-state index contributed by atoms with van der Waals surface area (Å²) in [5.74, 6) is 2.40. The molecule has 0 bridgehead atoms. The number of ether oxygens (including phenoxy) is 1. The van der Waals surface area contributed by atoms with Crippen molar-refractivity contribution in [2.75, 3.05) is 31.6 Å². The average molecular weight is 367 g/mol. The second-order valence-corrected chi connectivity index (χ2v) is 6.86. The van der Waals surface area contributed by atoms with Crippen molar-refractivity contribution in [3.8, 4) is 5.75 Å². The largest absolute Gasteiger partial charge is 0.497 e. The molecule has 6 nitrogen and oxygen atoms in total. The second-order valence-electron chi connectivity index (χ2n) is 6.86. The van der Waals surface area contributed by atoms with Gasteiger partial charge in [-0.15, -0.1) is 0 Å². The van der Waals surface area contributed by atoms with Crippen LogP contribution >= 0.6 is 0 Å². The summed E-state index contributed by atoms with van der Waals surface area (Å²) in [7, 11) is 1.67. The maximum Gasteiger partial charge on any atom is 0.188 e. The van der Waals surface area contributed by atoms with Gasteiger partial charge in [-0.1, -0.05) is 18.2 Å². The van der Waals surface area contributed by atoms with Crippen molar-refractivity contribution < 1.29 is 4.74 Å². The quantitative estimate of drug-likeness (QED) is 0.581. The van der Waals surface area contributed by atoms with Gasteiger partial charge in [0.1, 0.15) is 11.6 Å². The molecular formula is C21H29N5O. The first-order chi connectivity index (χ1) is 13.2. The highest BCUT2D eigenvalue weighted by Gasteiger charge is 2.17. The van der Waals surface area contributed by atoms with E-state index in [0.717, 1.165) is 48.9 Å². The van der Waals surface area contributed by atoms with Crippen molar-refractivity contribution in [2.24, 2.45) is 10.7 Å². The third-order valence-corrected chi connectivity index (χ3v) is 4.80. The fraction of sp³-hybridized carbons (Fsp3) is 0.429. The van der Waals surface area contributed by atoms with Crippen LogP contribution in [0.2, 0.25) is 0 Å².